The van der Waals surface area contributed by atoms with E-state index in [2.05, 4.69) is 4.90 Å². The third kappa shape index (κ3) is 2.70. The maximum atomic E-state index is 8.77. The molecule has 0 aliphatic carbocycles. The Kier molecular flexibility index (Phi) is 3.53. The van der Waals surface area contributed by atoms with E-state index in [1.807, 2.05) is 13.1 Å². The van der Waals surface area contributed by atoms with Crippen molar-refractivity contribution in [1.82, 2.24) is 4.90 Å². The van der Waals surface area contributed by atoms with Gasteiger partial charge in [-0.3, -0.25) is 0 Å². The quantitative estimate of drug-likeness (QED) is 0.859. The topological polar surface area (TPSA) is 62.3 Å². The summed E-state index contributed by atoms with van der Waals surface area (Å²) in [6.45, 7) is 1.63. The zero-order valence-electron chi connectivity index (χ0n) is 9.56. The van der Waals surface area contributed by atoms with Crippen molar-refractivity contribution in [3.63, 3.8) is 0 Å². The van der Waals surface area contributed by atoms with Gasteiger partial charge in [0.05, 0.1) is 16.6 Å². The fourth-order valence-electron chi connectivity index (χ4n) is 1.95. The normalized spacial score (nSPS) is 24.6. The van der Waals surface area contributed by atoms with Gasteiger partial charge in [-0.2, -0.15) is 5.26 Å². The second-order valence-corrected chi connectivity index (χ2v) is 4.70. The van der Waals surface area contributed by atoms with Crippen LogP contribution in [0.5, 0.6) is 5.75 Å². The highest BCUT2D eigenvalue weighted by molar-refractivity contribution is 6.31. The summed E-state index contributed by atoms with van der Waals surface area (Å²) >= 11 is 5.94. The van der Waals surface area contributed by atoms with Crippen molar-refractivity contribution in [2.75, 3.05) is 20.1 Å². The molecule has 1 aliphatic heterocycles. The zero-order valence-corrected chi connectivity index (χ0v) is 10.3. The molecule has 1 aromatic carbocycles. The van der Waals surface area contributed by atoms with Crippen LogP contribution >= 0.6 is 11.6 Å². The van der Waals surface area contributed by atoms with Gasteiger partial charge in [-0.15, -0.1) is 0 Å². The van der Waals surface area contributed by atoms with Crippen LogP contribution in [0.3, 0.4) is 0 Å². The Morgan fingerprint density at radius 2 is 2.29 bits per heavy atom. The van der Waals surface area contributed by atoms with Gasteiger partial charge in [0.2, 0.25) is 0 Å². The molecule has 0 amide bonds. The van der Waals surface area contributed by atoms with E-state index in [1.165, 1.54) is 0 Å². The molecule has 90 valence electrons. The molecule has 2 N–H and O–H groups in total. The molecule has 1 aromatic rings. The predicted octanol–water partition coefficient (Wildman–Crippen LogP) is 1.23. The number of nitrogens with two attached hydrogens (primary N) is 1. The molecule has 5 heteroatoms. The smallest absolute Gasteiger partial charge is 0.128 e. The van der Waals surface area contributed by atoms with E-state index in [1.54, 1.807) is 18.2 Å². The fourth-order valence-corrected chi connectivity index (χ4v) is 2.17. The number of ether oxygens (including phenoxy) is 1. The van der Waals surface area contributed by atoms with Crippen LogP contribution < -0.4 is 10.5 Å². The van der Waals surface area contributed by atoms with Gasteiger partial charge in [-0.05, 0) is 19.2 Å². The molecule has 1 aliphatic rings. The molecule has 0 radical (unpaired) electrons. The van der Waals surface area contributed by atoms with Gasteiger partial charge in [0.1, 0.15) is 17.9 Å². The molecular formula is C12H14ClN3O. The first-order valence-electron chi connectivity index (χ1n) is 5.40. The zero-order chi connectivity index (χ0) is 12.4. The molecule has 1 fully saturated rings. The van der Waals surface area contributed by atoms with E-state index in [0.717, 1.165) is 13.1 Å². The number of nitrogens with zero attached hydrogens (tertiary/aromatic N) is 2. The van der Waals surface area contributed by atoms with Crippen molar-refractivity contribution in [2.45, 2.75) is 12.1 Å². The van der Waals surface area contributed by atoms with Crippen molar-refractivity contribution >= 4 is 11.6 Å². The van der Waals surface area contributed by atoms with E-state index < -0.39 is 0 Å². The Hall–Kier alpha value is -1.28. The number of rotatable bonds is 2. The number of likely N-dealkylation sites (tertiary alicyclic amines) is 1. The Balaban J connectivity index is 2.09. The molecule has 0 bridgehead atoms. The van der Waals surface area contributed by atoms with Crippen molar-refractivity contribution < 1.29 is 4.74 Å². The summed E-state index contributed by atoms with van der Waals surface area (Å²) in [6.07, 6.45) is -0.0241. The van der Waals surface area contributed by atoms with Crippen LogP contribution in [-0.2, 0) is 0 Å². The lowest BCUT2D eigenvalue weighted by molar-refractivity contribution is 0.195. The number of nitriles is 1. The predicted molar refractivity (Wildman–Crippen MR) is 66.1 cm³/mol. The van der Waals surface area contributed by atoms with Crippen LogP contribution in [0.25, 0.3) is 0 Å². The first kappa shape index (κ1) is 12.2. The minimum absolute atomic E-state index is 0.00872. The Morgan fingerprint density at radius 3 is 2.82 bits per heavy atom. The lowest BCUT2D eigenvalue weighted by Crippen LogP contribution is -2.37. The van der Waals surface area contributed by atoms with E-state index >= 15 is 0 Å². The SMILES string of the molecule is CN1CC(N)C(Oc2ccc(C#N)c(Cl)c2)C1. The third-order valence-electron chi connectivity index (χ3n) is 2.84. The summed E-state index contributed by atoms with van der Waals surface area (Å²) in [6, 6.07) is 7.08. The maximum Gasteiger partial charge on any atom is 0.128 e. The first-order valence-corrected chi connectivity index (χ1v) is 5.78. The summed E-state index contributed by atoms with van der Waals surface area (Å²) in [5.41, 5.74) is 6.41. The van der Waals surface area contributed by atoms with Gasteiger partial charge in [0.15, 0.2) is 0 Å². The van der Waals surface area contributed by atoms with Crippen LogP contribution in [0.15, 0.2) is 18.2 Å². The highest BCUT2D eigenvalue weighted by Crippen LogP contribution is 2.24. The molecule has 2 rings (SSSR count). The van der Waals surface area contributed by atoms with Gasteiger partial charge in [0.25, 0.3) is 0 Å². The third-order valence-corrected chi connectivity index (χ3v) is 3.15. The van der Waals surface area contributed by atoms with Crippen molar-refractivity contribution in [1.29, 1.82) is 5.26 Å². The summed E-state index contributed by atoms with van der Waals surface area (Å²) in [7, 11) is 2.01. The fraction of sp³-hybridized carbons (Fsp3) is 0.417. The van der Waals surface area contributed by atoms with Gasteiger partial charge in [0, 0.05) is 19.2 Å². The first-order chi connectivity index (χ1) is 8.10. The van der Waals surface area contributed by atoms with Gasteiger partial charge in [-0.1, -0.05) is 11.6 Å². The van der Waals surface area contributed by atoms with E-state index in [9.17, 15) is 0 Å². The number of benzene rings is 1. The molecule has 2 atom stereocenters. The molecule has 0 spiro atoms. The second kappa shape index (κ2) is 4.92. The molecule has 0 saturated carbocycles. The highest BCUT2D eigenvalue weighted by atomic mass is 35.5. The van der Waals surface area contributed by atoms with Gasteiger partial charge >= 0.3 is 0 Å². The summed E-state index contributed by atoms with van der Waals surface area (Å²) in [4.78, 5) is 2.13. The summed E-state index contributed by atoms with van der Waals surface area (Å²) in [5.74, 6) is 0.657. The molecule has 4 nitrogen and oxygen atoms in total. The van der Waals surface area contributed by atoms with E-state index in [4.69, 9.17) is 27.3 Å². The van der Waals surface area contributed by atoms with Gasteiger partial charge in [-0.25, -0.2) is 0 Å². The average molecular weight is 252 g/mol. The van der Waals surface area contributed by atoms with Gasteiger partial charge < -0.3 is 15.4 Å². The molecule has 2 unspecified atom stereocenters. The van der Waals surface area contributed by atoms with Crippen LogP contribution in [0.2, 0.25) is 5.02 Å². The standard InChI is InChI=1S/C12H14ClN3O/c1-16-6-11(15)12(7-16)17-9-3-2-8(5-14)10(13)4-9/h2-4,11-12H,6-7,15H2,1H3. The van der Waals surface area contributed by atoms with Crippen LogP contribution in [0.1, 0.15) is 5.56 Å². The Morgan fingerprint density at radius 1 is 1.53 bits per heavy atom. The van der Waals surface area contributed by atoms with Crippen molar-refractivity contribution in [3.05, 3.63) is 28.8 Å². The van der Waals surface area contributed by atoms with Crippen LogP contribution in [0.4, 0.5) is 0 Å². The van der Waals surface area contributed by atoms with E-state index in [-0.39, 0.29) is 12.1 Å². The Bertz CT molecular complexity index is 458. The van der Waals surface area contributed by atoms with E-state index in [0.29, 0.717) is 16.3 Å². The lowest BCUT2D eigenvalue weighted by atomic mass is 10.2. The second-order valence-electron chi connectivity index (χ2n) is 4.29. The average Bonchev–Trinajstić information content (AvgIpc) is 2.58. The molecule has 1 heterocycles. The van der Waals surface area contributed by atoms with Crippen LogP contribution in [0, 0.1) is 11.3 Å². The minimum Gasteiger partial charge on any atom is -0.487 e. The largest absolute Gasteiger partial charge is 0.487 e. The summed E-state index contributed by atoms with van der Waals surface area (Å²) < 4.78 is 5.78. The monoisotopic (exact) mass is 251 g/mol. The molecule has 17 heavy (non-hydrogen) atoms. The molecule has 1 saturated heterocycles. The minimum atomic E-state index is -0.0241. The van der Waals surface area contributed by atoms with Crippen molar-refractivity contribution in [3.8, 4) is 11.8 Å². The van der Waals surface area contributed by atoms with Crippen molar-refractivity contribution in [2.24, 2.45) is 5.73 Å². The summed E-state index contributed by atoms with van der Waals surface area (Å²) in [5, 5.41) is 9.18. The highest BCUT2D eigenvalue weighted by Gasteiger charge is 2.29. The number of likely N-dealkylation sites (N-methyl/N-ethyl adjacent to an activating group) is 1. The number of halogens is 1. The molecule has 0 aromatic heterocycles. The Labute approximate surface area is 106 Å². The lowest BCUT2D eigenvalue weighted by Gasteiger charge is -2.17. The number of hydrogen-bond acceptors (Lipinski definition) is 4. The van der Waals surface area contributed by atoms with Crippen LogP contribution in [-0.4, -0.2) is 37.2 Å². The maximum absolute atomic E-state index is 8.77. The molecular weight excluding hydrogens is 238 g/mol. The number of hydrogen-bond donors (Lipinski definition) is 1.